The molecule has 1 fully saturated rings. The normalized spacial score (nSPS) is 19.0. The van der Waals surface area contributed by atoms with E-state index in [-0.39, 0.29) is 17.5 Å². The summed E-state index contributed by atoms with van der Waals surface area (Å²) in [5, 5.41) is 14.1. The van der Waals surface area contributed by atoms with Crippen molar-refractivity contribution in [3.05, 3.63) is 71.2 Å². The smallest absolute Gasteiger partial charge is 0.255 e. The number of hydrogen-bond donors (Lipinski definition) is 2. The van der Waals surface area contributed by atoms with Crippen molar-refractivity contribution in [1.29, 1.82) is 0 Å². The second-order valence-electron chi connectivity index (χ2n) is 6.36. The van der Waals surface area contributed by atoms with Crippen LogP contribution in [0.15, 0.2) is 64.8 Å². The monoisotopic (exact) mass is 383 g/mol. The highest BCUT2D eigenvalue weighted by molar-refractivity contribution is 8.14. The van der Waals surface area contributed by atoms with E-state index in [0.717, 1.165) is 17.5 Å². The quantitative estimate of drug-likeness (QED) is 0.844. The zero-order valence-corrected chi connectivity index (χ0v) is 15.5. The number of phenols is 1. The number of benzene rings is 2. The lowest BCUT2D eigenvalue weighted by molar-refractivity contribution is -0.113. The molecular formula is C20H18FN3O2S. The fourth-order valence-electron chi connectivity index (χ4n) is 3.37. The molecule has 1 unspecified atom stereocenters. The van der Waals surface area contributed by atoms with Crippen LogP contribution < -0.4 is 5.32 Å². The number of phenolic OH excluding ortho intramolecular Hbond substituents is 1. The van der Waals surface area contributed by atoms with Crippen LogP contribution in [0, 0.1) is 5.82 Å². The maximum absolute atomic E-state index is 13.1. The first kappa shape index (κ1) is 17.6. The van der Waals surface area contributed by atoms with Gasteiger partial charge in [-0.3, -0.25) is 4.79 Å². The molecule has 2 N–H and O–H groups in total. The van der Waals surface area contributed by atoms with Gasteiger partial charge in [-0.05, 0) is 37.3 Å². The minimum Gasteiger partial charge on any atom is -0.508 e. The minimum atomic E-state index is -0.422. The third kappa shape index (κ3) is 3.30. The molecule has 0 bridgehead atoms. The number of allylic oxidation sites excluding steroid dienone is 1. The summed E-state index contributed by atoms with van der Waals surface area (Å²) in [4.78, 5) is 19.7. The molecule has 2 aromatic carbocycles. The van der Waals surface area contributed by atoms with Crippen LogP contribution in [0.4, 0.5) is 10.1 Å². The molecule has 1 atom stereocenters. The van der Waals surface area contributed by atoms with E-state index < -0.39 is 6.04 Å². The Balaban J connectivity index is 1.75. The maximum Gasteiger partial charge on any atom is 0.255 e. The Morgan fingerprint density at radius 1 is 1.26 bits per heavy atom. The first-order valence-electron chi connectivity index (χ1n) is 8.58. The van der Waals surface area contributed by atoms with Gasteiger partial charge in [0.25, 0.3) is 5.91 Å². The summed E-state index contributed by atoms with van der Waals surface area (Å²) < 4.78 is 13.1. The lowest BCUT2D eigenvalue weighted by Crippen LogP contribution is -2.37. The number of amides is 1. The highest BCUT2D eigenvalue weighted by Gasteiger charge is 2.39. The van der Waals surface area contributed by atoms with Gasteiger partial charge in [0.1, 0.15) is 11.6 Å². The highest BCUT2D eigenvalue weighted by Crippen LogP contribution is 2.42. The number of anilines is 1. The number of aromatic hydroxyl groups is 1. The summed E-state index contributed by atoms with van der Waals surface area (Å²) in [5.74, 6) is 0.340. The Hall–Kier alpha value is -2.80. The molecule has 1 saturated heterocycles. The van der Waals surface area contributed by atoms with E-state index in [9.17, 15) is 14.3 Å². The van der Waals surface area contributed by atoms with Crippen LogP contribution >= 0.6 is 11.8 Å². The van der Waals surface area contributed by atoms with E-state index in [1.165, 1.54) is 24.3 Å². The van der Waals surface area contributed by atoms with E-state index in [2.05, 4.69) is 10.3 Å². The third-order valence-corrected chi connectivity index (χ3v) is 5.60. The van der Waals surface area contributed by atoms with Crippen molar-refractivity contribution in [1.82, 2.24) is 4.90 Å². The molecular weight excluding hydrogens is 365 g/mol. The lowest BCUT2D eigenvalue weighted by Gasteiger charge is -2.35. The number of fused-ring (bicyclic) bond motifs is 1. The number of amidine groups is 1. The van der Waals surface area contributed by atoms with Gasteiger partial charge in [0.2, 0.25) is 0 Å². The number of nitrogens with one attached hydrogen (secondary N) is 1. The number of halogens is 1. The van der Waals surface area contributed by atoms with Crippen molar-refractivity contribution >= 4 is 28.5 Å². The molecule has 0 radical (unpaired) electrons. The number of carbonyl (C=O) groups is 1. The number of carbonyl (C=O) groups excluding carboxylic acids is 1. The number of thioether (sulfide) groups is 1. The molecule has 2 heterocycles. The molecule has 5 nitrogen and oxygen atoms in total. The Morgan fingerprint density at radius 3 is 2.74 bits per heavy atom. The van der Waals surface area contributed by atoms with Crippen molar-refractivity contribution in [3.63, 3.8) is 0 Å². The topological polar surface area (TPSA) is 64.9 Å². The standard InChI is InChI=1S/C20H18FN3O2S/c1-12-17(19(26)23-14-8-6-13(21)7-9-14)18(15-4-2-3-5-16(15)25)24-10-11-27-20(24)22-12/h2-9,18,25H,10-11H2,1H3,(H,23,26). The van der Waals surface area contributed by atoms with Gasteiger partial charge in [-0.2, -0.15) is 0 Å². The van der Waals surface area contributed by atoms with Gasteiger partial charge in [-0.1, -0.05) is 30.0 Å². The predicted octanol–water partition coefficient (Wildman–Crippen LogP) is 3.90. The molecule has 2 aliphatic rings. The molecule has 0 aliphatic carbocycles. The van der Waals surface area contributed by atoms with Gasteiger partial charge in [0.15, 0.2) is 5.17 Å². The molecule has 1 amide bonds. The van der Waals surface area contributed by atoms with Crippen molar-refractivity contribution in [2.24, 2.45) is 4.99 Å². The number of nitrogens with zero attached hydrogens (tertiary/aromatic N) is 2. The first-order chi connectivity index (χ1) is 13.0. The molecule has 2 aliphatic heterocycles. The summed E-state index contributed by atoms with van der Waals surface area (Å²) in [6.45, 7) is 2.54. The Labute approximate surface area is 160 Å². The third-order valence-electron chi connectivity index (χ3n) is 4.63. The summed E-state index contributed by atoms with van der Waals surface area (Å²) in [6.07, 6.45) is 0. The molecule has 2 aromatic rings. The van der Waals surface area contributed by atoms with Crippen LogP contribution in [0.2, 0.25) is 0 Å². The average molecular weight is 383 g/mol. The van der Waals surface area contributed by atoms with Crippen LogP contribution in [-0.4, -0.2) is 33.4 Å². The van der Waals surface area contributed by atoms with E-state index in [1.807, 2.05) is 17.0 Å². The minimum absolute atomic E-state index is 0.139. The fraction of sp³-hybridized carbons (Fsp3) is 0.200. The zero-order valence-electron chi connectivity index (χ0n) is 14.6. The van der Waals surface area contributed by atoms with Gasteiger partial charge < -0.3 is 15.3 Å². The first-order valence-corrected chi connectivity index (χ1v) is 9.57. The Kier molecular flexibility index (Phi) is 4.61. The molecule has 138 valence electrons. The summed E-state index contributed by atoms with van der Waals surface area (Å²) in [6, 6.07) is 12.2. The molecule has 0 saturated carbocycles. The maximum atomic E-state index is 13.1. The number of aliphatic imine (C=N–C) groups is 1. The van der Waals surface area contributed by atoms with Crippen LogP contribution in [0.5, 0.6) is 5.75 Å². The van der Waals surface area contributed by atoms with Crippen LogP contribution in [0.3, 0.4) is 0 Å². The van der Waals surface area contributed by atoms with Crippen LogP contribution in [0.25, 0.3) is 0 Å². The van der Waals surface area contributed by atoms with E-state index in [4.69, 9.17) is 0 Å². The van der Waals surface area contributed by atoms with Gasteiger partial charge >= 0.3 is 0 Å². The second-order valence-corrected chi connectivity index (χ2v) is 7.42. The van der Waals surface area contributed by atoms with E-state index in [0.29, 0.717) is 22.5 Å². The molecule has 0 spiro atoms. The predicted molar refractivity (Wildman–Crippen MR) is 105 cm³/mol. The zero-order chi connectivity index (χ0) is 19.0. The number of hydrogen-bond acceptors (Lipinski definition) is 5. The van der Waals surface area contributed by atoms with Crippen molar-refractivity contribution in [3.8, 4) is 5.75 Å². The average Bonchev–Trinajstić information content (AvgIpc) is 3.11. The van der Waals surface area contributed by atoms with Crippen molar-refractivity contribution in [2.75, 3.05) is 17.6 Å². The van der Waals surface area contributed by atoms with E-state index in [1.54, 1.807) is 30.8 Å². The summed E-state index contributed by atoms with van der Waals surface area (Å²) >= 11 is 1.64. The number of rotatable bonds is 3. The summed E-state index contributed by atoms with van der Waals surface area (Å²) in [5.41, 5.74) is 2.26. The highest BCUT2D eigenvalue weighted by atomic mass is 32.2. The van der Waals surface area contributed by atoms with Crippen LogP contribution in [0.1, 0.15) is 18.5 Å². The molecule has 4 rings (SSSR count). The lowest BCUT2D eigenvalue weighted by atomic mass is 9.93. The largest absolute Gasteiger partial charge is 0.508 e. The van der Waals surface area contributed by atoms with E-state index >= 15 is 0 Å². The molecule has 0 aromatic heterocycles. The second kappa shape index (κ2) is 7.08. The summed E-state index contributed by atoms with van der Waals surface area (Å²) in [7, 11) is 0. The van der Waals surface area contributed by atoms with Gasteiger partial charge in [-0.25, -0.2) is 9.38 Å². The Bertz CT molecular complexity index is 956. The van der Waals surface area contributed by atoms with Gasteiger partial charge in [0, 0.05) is 23.5 Å². The fourth-order valence-corrected chi connectivity index (χ4v) is 4.40. The SMILES string of the molecule is CC1=C(C(=O)Nc2ccc(F)cc2)C(c2ccccc2O)N2CCSC2=N1. The molecule has 7 heteroatoms. The molecule has 27 heavy (non-hydrogen) atoms. The van der Waals surface area contributed by atoms with Crippen molar-refractivity contribution < 1.29 is 14.3 Å². The van der Waals surface area contributed by atoms with Crippen LogP contribution in [-0.2, 0) is 4.79 Å². The number of para-hydroxylation sites is 1. The Morgan fingerprint density at radius 2 is 2.00 bits per heavy atom. The van der Waals surface area contributed by atoms with Crippen molar-refractivity contribution in [2.45, 2.75) is 13.0 Å². The van der Waals surface area contributed by atoms with Gasteiger partial charge in [-0.15, -0.1) is 0 Å². The van der Waals surface area contributed by atoms with Gasteiger partial charge in [0.05, 0.1) is 17.3 Å².